The molecule has 38 heavy (non-hydrogen) atoms. The number of hydrogen-bond acceptors (Lipinski definition) is 7. The summed E-state index contributed by atoms with van der Waals surface area (Å²) in [7, 11) is -3.93. The highest BCUT2D eigenvalue weighted by molar-refractivity contribution is 7.92. The van der Waals surface area contributed by atoms with Gasteiger partial charge in [0, 0.05) is 28.0 Å². The van der Waals surface area contributed by atoms with Crippen molar-refractivity contribution in [2.24, 2.45) is 0 Å². The van der Waals surface area contributed by atoms with E-state index in [2.05, 4.69) is 20.0 Å². The summed E-state index contributed by atoms with van der Waals surface area (Å²) in [6, 6.07) is 23.0. The Kier molecular flexibility index (Phi) is 6.48. The first-order valence-corrected chi connectivity index (χ1v) is 13.1. The molecule has 0 atom stereocenters. The Morgan fingerprint density at radius 3 is 2.29 bits per heavy atom. The molecule has 190 valence electrons. The number of carbonyl (C=O) groups excluding carboxylic acids is 1. The van der Waals surface area contributed by atoms with Gasteiger partial charge in [0.1, 0.15) is 5.58 Å². The van der Waals surface area contributed by atoms with Gasteiger partial charge in [-0.2, -0.15) is 0 Å². The van der Waals surface area contributed by atoms with Crippen molar-refractivity contribution >= 4 is 38.5 Å². The van der Waals surface area contributed by atoms with Gasteiger partial charge in [-0.05, 0) is 74.0 Å². The van der Waals surface area contributed by atoms with Crippen molar-refractivity contribution in [3.8, 4) is 11.1 Å². The first-order valence-electron chi connectivity index (χ1n) is 11.6. The summed E-state index contributed by atoms with van der Waals surface area (Å²) < 4.78 is 33.3. The Morgan fingerprint density at radius 1 is 0.842 bits per heavy atom. The lowest BCUT2D eigenvalue weighted by atomic mass is 10.0. The standard InChI is InChI=1S/C28H22N4O5S/c1-17-14-18(2)30-28(29-17)32-38(35,36)23-12-10-22(11-13-23)31-26(33)21-8-5-7-19(15-21)24-16-20-6-3-4-9-25(20)37-27(24)34/h3-16H,1-2H3,(H,31,33)(H,29,30,32). The lowest BCUT2D eigenvalue weighted by molar-refractivity contribution is 0.102. The van der Waals surface area contributed by atoms with Gasteiger partial charge in [-0.25, -0.2) is 27.9 Å². The Bertz CT molecular complexity index is 1830. The Hall–Kier alpha value is -4.83. The number of nitrogens with one attached hydrogen (secondary N) is 2. The van der Waals surface area contributed by atoms with Gasteiger partial charge < -0.3 is 9.73 Å². The summed E-state index contributed by atoms with van der Waals surface area (Å²) in [6.07, 6.45) is 0. The summed E-state index contributed by atoms with van der Waals surface area (Å²) in [5.74, 6) is -0.436. The molecule has 0 bridgehead atoms. The molecule has 1 amide bonds. The van der Waals surface area contributed by atoms with E-state index >= 15 is 0 Å². The third-order valence-corrected chi connectivity index (χ3v) is 7.05. The molecule has 0 aliphatic heterocycles. The molecule has 9 nitrogen and oxygen atoms in total. The largest absolute Gasteiger partial charge is 0.422 e. The van der Waals surface area contributed by atoms with Gasteiger partial charge in [-0.15, -0.1) is 0 Å². The number of amides is 1. The molecule has 2 N–H and O–H groups in total. The molecule has 2 heterocycles. The molecule has 0 saturated carbocycles. The zero-order chi connectivity index (χ0) is 26.9. The lowest BCUT2D eigenvalue weighted by Gasteiger charge is -2.10. The predicted molar refractivity (Wildman–Crippen MR) is 145 cm³/mol. The zero-order valence-corrected chi connectivity index (χ0v) is 21.2. The van der Waals surface area contributed by atoms with E-state index < -0.39 is 21.6 Å². The molecular formula is C28H22N4O5S. The van der Waals surface area contributed by atoms with Crippen LogP contribution in [0, 0.1) is 13.8 Å². The highest BCUT2D eigenvalue weighted by Gasteiger charge is 2.17. The van der Waals surface area contributed by atoms with Crippen LogP contribution >= 0.6 is 0 Å². The second-order valence-electron chi connectivity index (χ2n) is 8.62. The molecule has 2 aromatic heterocycles. The molecule has 0 radical (unpaired) electrons. The van der Waals surface area contributed by atoms with Crippen LogP contribution in [-0.4, -0.2) is 24.3 Å². The van der Waals surface area contributed by atoms with Crippen molar-refractivity contribution in [2.75, 3.05) is 10.0 Å². The molecule has 0 saturated heterocycles. The number of benzene rings is 3. The number of fused-ring (bicyclic) bond motifs is 1. The average Bonchev–Trinajstić information content (AvgIpc) is 2.88. The highest BCUT2D eigenvalue weighted by atomic mass is 32.2. The Labute approximate surface area is 218 Å². The summed E-state index contributed by atoms with van der Waals surface area (Å²) in [4.78, 5) is 33.7. The molecule has 10 heteroatoms. The van der Waals surface area contributed by atoms with Crippen LogP contribution in [0.4, 0.5) is 11.6 Å². The first kappa shape index (κ1) is 24.8. The van der Waals surface area contributed by atoms with Crippen molar-refractivity contribution in [2.45, 2.75) is 18.7 Å². The molecule has 5 rings (SSSR count). The number of rotatable bonds is 6. The fourth-order valence-electron chi connectivity index (χ4n) is 3.96. The maximum atomic E-state index is 12.9. The van der Waals surface area contributed by atoms with E-state index in [1.165, 1.54) is 24.3 Å². The zero-order valence-electron chi connectivity index (χ0n) is 20.4. The van der Waals surface area contributed by atoms with E-state index in [1.807, 2.05) is 12.1 Å². The SMILES string of the molecule is Cc1cc(C)nc(NS(=O)(=O)c2ccc(NC(=O)c3cccc(-c4cc5ccccc5oc4=O)c3)cc2)n1. The number of carbonyl (C=O) groups is 1. The minimum absolute atomic E-state index is 0.0108. The molecule has 0 fully saturated rings. The maximum absolute atomic E-state index is 12.9. The predicted octanol–water partition coefficient (Wildman–Crippen LogP) is 4.92. The van der Waals surface area contributed by atoms with Crippen LogP contribution in [0.3, 0.4) is 0 Å². The van der Waals surface area contributed by atoms with Crippen LogP contribution in [0.1, 0.15) is 21.7 Å². The third kappa shape index (κ3) is 5.30. The molecular weight excluding hydrogens is 504 g/mol. The minimum atomic E-state index is -3.93. The van der Waals surface area contributed by atoms with E-state index in [0.29, 0.717) is 39.3 Å². The normalized spacial score (nSPS) is 11.3. The molecule has 0 aliphatic carbocycles. The smallest absolute Gasteiger partial charge is 0.344 e. The van der Waals surface area contributed by atoms with Crippen molar-refractivity contribution in [1.29, 1.82) is 0 Å². The summed E-state index contributed by atoms with van der Waals surface area (Å²) in [5.41, 5.74) is 2.85. The Morgan fingerprint density at radius 2 is 1.55 bits per heavy atom. The Balaban J connectivity index is 1.33. The van der Waals surface area contributed by atoms with Crippen molar-refractivity contribution in [3.63, 3.8) is 0 Å². The van der Waals surface area contributed by atoms with Crippen LogP contribution in [0.25, 0.3) is 22.1 Å². The van der Waals surface area contributed by atoms with E-state index in [9.17, 15) is 18.0 Å². The molecule has 0 aliphatic rings. The van der Waals surface area contributed by atoms with Crippen LogP contribution in [0.15, 0.2) is 99.0 Å². The van der Waals surface area contributed by atoms with E-state index in [4.69, 9.17) is 4.42 Å². The van der Waals surface area contributed by atoms with Crippen LogP contribution < -0.4 is 15.7 Å². The van der Waals surface area contributed by atoms with Crippen molar-refractivity contribution in [3.05, 3.63) is 112 Å². The fourth-order valence-corrected chi connectivity index (χ4v) is 4.91. The molecule has 0 unspecified atom stereocenters. The maximum Gasteiger partial charge on any atom is 0.344 e. The highest BCUT2D eigenvalue weighted by Crippen LogP contribution is 2.23. The van der Waals surface area contributed by atoms with Gasteiger partial charge in [0.25, 0.3) is 15.9 Å². The lowest BCUT2D eigenvalue weighted by Crippen LogP contribution is -2.16. The van der Waals surface area contributed by atoms with E-state index in [1.54, 1.807) is 62.4 Å². The minimum Gasteiger partial charge on any atom is -0.422 e. The number of hydrogen-bond donors (Lipinski definition) is 2. The number of aryl methyl sites for hydroxylation is 2. The van der Waals surface area contributed by atoms with Crippen LogP contribution in [-0.2, 0) is 10.0 Å². The van der Waals surface area contributed by atoms with Gasteiger partial charge in [0.2, 0.25) is 5.95 Å². The van der Waals surface area contributed by atoms with Gasteiger partial charge in [0.05, 0.1) is 10.5 Å². The van der Waals surface area contributed by atoms with E-state index in [-0.39, 0.29) is 10.8 Å². The number of nitrogens with zero attached hydrogens (tertiary/aromatic N) is 2. The van der Waals surface area contributed by atoms with E-state index in [0.717, 1.165) is 5.39 Å². The van der Waals surface area contributed by atoms with Crippen molar-refractivity contribution in [1.82, 2.24) is 9.97 Å². The van der Waals surface area contributed by atoms with Gasteiger partial charge in [-0.1, -0.05) is 30.3 Å². The molecule has 5 aromatic rings. The van der Waals surface area contributed by atoms with Crippen LogP contribution in [0.5, 0.6) is 0 Å². The summed E-state index contributed by atoms with van der Waals surface area (Å²) >= 11 is 0. The van der Waals surface area contributed by atoms with Crippen molar-refractivity contribution < 1.29 is 17.6 Å². The third-order valence-electron chi connectivity index (χ3n) is 5.71. The number of sulfonamides is 1. The molecule has 0 spiro atoms. The second kappa shape index (κ2) is 9.91. The van der Waals surface area contributed by atoms with Gasteiger partial charge >= 0.3 is 5.63 Å². The number of anilines is 2. The van der Waals surface area contributed by atoms with Gasteiger partial charge in [0.15, 0.2) is 0 Å². The van der Waals surface area contributed by atoms with Gasteiger partial charge in [-0.3, -0.25) is 4.79 Å². The summed E-state index contributed by atoms with van der Waals surface area (Å²) in [5, 5.41) is 3.51. The topological polar surface area (TPSA) is 131 Å². The number of aromatic nitrogens is 2. The second-order valence-corrected chi connectivity index (χ2v) is 10.3. The van der Waals surface area contributed by atoms with Crippen LogP contribution in [0.2, 0.25) is 0 Å². The molecule has 3 aromatic carbocycles. The summed E-state index contributed by atoms with van der Waals surface area (Å²) in [6.45, 7) is 3.49. The number of para-hydroxylation sites is 1. The average molecular weight is 527 g/mol. The quantitative estimate of drug-likeness (QED) is 0.300. The monoisotopic (exact) mass is 526 g/mol. The first-order chi connectivity index (χ1) is 18.2. The fraction of sp³-hybridized carbons (Fsp3) is 0.0714.